The first-order valence-corrected chi connectivity index (χ1v) is 5.87. The number of pyridine rings is 1. The summed E-state index contributed by atoms with van der Waals surface area (Å²) in [6.45, 7) is 0. The predicted octanol–water partition coefficient (Wildman–Crippen LogP) is 1.66. The number of carbonyl (C=O) groups is 2. The predicted molar refractivity (Wildman–Crippen MR) is 71.3 cm³/mol. The van der Waals surface area contributed by atoms with Gasteiger partial charge in [0, 0.05) is 19.4 Å². The van der Waals surface area contributed by atoms with E-state index in [0.29, 0.717) is 5.69 Å². The van der Waals surface area contributed by atoms with E-state index in [1.807, 2.05) is 29.9 Å². The van der Waals surface area contributed by atoms with Crippen molar-refractivity contribution < 1.29 is 19.1 Å². The van der Waals surface area contributed by atoms with Crippen LogP contribution in [0, 0.1) is 0 Å². The fourth-order valence-corrected chi connectivity index (χ4v) is 1.87. The van der Waals surface area contributed by atoms with Crippen molar-refractivity contribution in [2.75, 3.05) is 14.2 Å². The maximum Gasteiger partial charge on any atom is 0.340 e. The number of rotatable bonds is 3. The van der Waals surface area contributed by atoms with Crippen LogP contribution in [0.5, 0.6) is 0 Å². The largest absolute Gasteiger partial charge is 0.465 e. The lowest BCUT2D eigenvalue weighted by Gasteiger charge is -2.09. The second-order valence-corrected chi connectivity index (χ2v) is 4.10. The highest BCUT2D eigenvalue weighted by atomic mass is 16.5. The van der Waals surface area contributed by atoms with Crippen LogP contribution in [-0.2, 0) is 16.5 Å². The number of esters is 2. The van der Waals surface area contributed by atoms with Crippen LogP contribution in [0.4, 0.5) is 0 Å². The van der Waals surface area contributed by atoms with Gasteiger partial charge in [-0.2, -0.15) is 0 Å². The number of aromatic nitrogens is 2. The molecule has 0 radical (unpaired) electrons. The standard InChI is InChI=1S/C14H14N2O4/c1-16-6-4-5-12(16)11-7-9(13(17)19-2)10(8-15-11)14(18)20-3/h4-8H,1-3H3. The van der Waals surface area contributed by atoms with E-state index in [2.05, 4.69) is 9.72 Å². The molecule has 0 aromatic carbocycles. The van der Waals surface area contributed by atoms with Crippen molar-refractivity contribution in [1.29, 1.82) is 0 Å². The Morgan fingerprint density at radius 3 is 2.35 bits per heavy atom. The fourth-order valence-electron chi connectivity index (χ4n) is 1.87. The van der Waals surface area contributed by atoms with Gasteiger partial charge in [-0.25, -0.2) is 9.59 Å². The van der Waals surface area contributed by atoms with E-state index in [1.54, 1.807) is 0 Å². The number of hydrogen-bond acceptors (Lipinski definition) is 5. The molecule has 0 aliphatic carbocycles. The number of nitrogens with zero attached hydrogens (tertiary/aromatic N) is 2. The van der Waals surface area contributed by atoms with Crippen LogP contribution in [0.3, 0.4) is 0 Å². The normalized spacial score (nSPS) is 10.2. The molecule has 104 valence electrons. The molecule has 0 N–H and O–H groups in total. The average molecular weight is 274 g/mol. The third-order valence-electron chi connectivity index (χ3n) is 2.92. The first-order valence-electron chi connectivity index (χ1n) is 5.87. The van der Waals surface area contributed by atoms with Crippen molar-refractivity contribution in [3.05, 3.63) is 41.7 Å². The minimum Gasteiger partial charge on any atom is -0.465 e. The number of carbonyl (C=O) groups excluding carboxylic acids is 2. The SMILES string of the molecule is COC(=O)c1cnc(-c2cccn2C)cc1C(=O)OC. The lowest BCUT2D eigenvalue weighted by atomic mass is 10.1. The Morgan fingerprint density at radius 1 is 1.15 bits per heavy atom. The summed E-state index contributed by atoms with van der Waals surface area (Å²) in [4.78, 5) is 27.6. The Hall–Kier alpha value is -2.63. The third-order valence-corrected chi connectivity index (χ3v) is 2.92. The molecule has 0 aliphatic heterocycles. The number of methoxy groups -OCH3 is 2. The van der Waals surface area contributed by atoms with E-state index in [4.69, 9.17) is 4.74 Å². The van der Waals surface area contributed by atoms with Gasteiger partial charge in [0.05, 0.1) is 36.7 Å². The zero-order chi connectivity index (χ0) is 14.7. The van der Waals surface area contributed by atoms with Crippen LogP contribution in [-0.4, -0.2) is 35.7 Å². The summed E-state index contributed by atoms with van der Waals surface area (Å²) in [6.07, 6.45) is 3.18. The van der Waals surface area contributed by atoms with Crippen LogP contribution in [0.25, 0.3) is 11.4 Å². The molecule has 2 aromatic heterocycles. The molecule has 0 saturated heterocycles. The van der Waals surface area contributed by atoms with Crippen LogP contribution in [0.2, 0.25) is 0 Å². The van der Waals surface area contributed by atoms with E-state index < -0.39 is 11.9 Å². The lowest BCUT2D eigenvalue weighted by molar-refractivity contribution is 0.0555. The smallest absolute Gasteiger partial charge is 0.340 e. The van der Waals surface area contributed by atoms with E-state index in [-0.39, 0.29) is 11.1 Å². The van der Waals surface area contributed by atoms with E-state index in [0.717, 1.165) is 5.69 Å². The molecule has 0 unspecified atom stereocenters. The monoisotopic (exact) mass is 274 g/mol. The minimum absolute atomic E-state index is 0.0808. The summed E-state index contributed by atoms with van der Waals surface area (Å²) in [5.41, 5.74) is 1.61. The third kappa shape index (κ3) is 2.40. The van der Waals surface area contributed by atoms with Gasteiger partial charge >= 0.3 is 11.9 Å². The van der Waals surface area contributed by atoms with Crippen molar-refractivity contribution in [3.8, 4) is 11.4 Å². The Morgan fingerprint density at radius 2 is 1.80 bits per heavy atom. The molecule has 0 aliphatic rings. The van der Waals surface area contributed by atoms with E-state index in [9.17, 15) is 9.59 Å². The van der Waals surface area contributed by atoms with Crippen LogP contribution in [0.1, 0.15) is 20.7 Å². The maximum atomic E-state index is 11.8. The summed E-state index contributed by atoms with van der Waals surface area (Å²) >= 11 is 0. The fraction of sp³-hybridized carbons (Fsp3) is 0.214. The molecular weight excluding hydrogens is 260 g/mol. The molecular formula is C14H14N2O4. The number of aryl methyl sites for hydroxylation is 1. The first-order chi connectivity index (χ1) is 9.58. The molecule has 0 amide bonds. The molecule has 0 fully saturated rings. The van der Waals surface area contributed by atoms with E-state index >= 15 is 0 Å². The molecule has 0 spiro atoms. The van der Waals surface area contributed by atoms with Gasteiger partial charge in [-0.3, -0.25) is 4.98 Å². The zero-order valence-electron chi connectivity index (χ0n) is 11.4. The topological polar surface area (TPSA) is 70.4 Å². The highest BCUT2D eigenvalue weighted by molar-refractivity contribution is 6.03. The van der Waals surface area contributed by atoms with Crippen LogP contribution >= 0.6 is 0 Å². The summed E-state index contributed by atoms with van der Waals surface area (Å²) in [5, 5.41) is 0. The molecule has 2 aromatic rings. The summed E-state index contributed by atoms with van der Waals surface area (Å²) in [7, 11) is 4.36. The second-order valence-electron chi connectivity index (χ2n) is 4.10. The van der Waals surface area contributed by atoms with E-state index in [1.165, 1.54) is 26.5 Å². The Balaban J connectivity index is 2.57. The molecule has 6 heteroatoms. The number of ether oxygens (including phenoxy) is 2. The van der Waals surface area contributed by atoms with Crippen molar-refractivity contribution in [3.63, 3.8) is 0 Å². The lowest BCUT2D eigenvalue weighted by Crippen LogP contribution is -2.13. The van der Waals surface area contributed by atoms with Crippen molar-refractivity contribution >= 4 is 11.9 Å². The van der Waals surface area contributed by atoms with Crippen LogP contribution < -0.4 is 0 Å². The molecule has 20 heavy (non-hydrogen) atoms. The molecule has 2 rings (SSSR count). The van der Waals surface area contributed by atoms with Gasteiger partial charge in [0.2, 0.25) is 0 Å². The summed E-state index contributed by atoms with van der Waals surface area (Å²) in [6, 6.07) is 5.25. The highest BCUT2D eigenvalue weighted by Crippen LogP contribution is 2.21. The Kier molecular flexibility index (Phi) is 3.84. The highest BCUT2D eigenvalue weighted by Gasteiger charge is 2.20. The Labute approximate surface area is 116 Å². The molecule has 0 saturated carbocycles. The van der Waals surface area contributed by atoms with Gasteiger partial charge in [-0.15, -0.1) is 0 Å². The van der Waals surface area contributed by atoms with Gasteiger partial charge < -0.3 is 14.0 Å². The van der Waals surface area contributed by atoms with Gasteiger partial charge in [0.25, 0.3) is 0 Å². The first kappa shape index (κ1) is 13.8. The number of hydrogen-bond donors (Lipinski definition) is 0. The minimum atomic E-state index is -0.628. The van der Waals surface area contributed by atoms with Gasteiger partial charge in [0.15, 0.2) is 0 Å². The van der Waals surface area contributed by atoms with Crippen molar-refractivity contribution in [1.82, 2.24) is 9.55 Å². The summed E-state index contributed by atoms with van der Waals surface area (Å²) < 4.78 is 11.2. The van der Waals surface area contributed by atoms with Crippen LogP contribution in [0.15, 0.2) is 30.6 Å². The van der Waals surface area contributed by atoms with Gasteiger partial charge in [0.1, 0.15) is 0 Å². The second kappa shape index (κ2) is 5.56. The van der Waals surface area contributed by atoms with Crippen molar-refractivity contribution in [2.45, 2.75) is 0 Å². The van der Waals surface area contributed by atoms with Crippen molar-refractivity contribution in [2.24, 2.45) is 7.05 Å². The summed E-state index contributed by atoms with van der Waals surface area (Å²) in [5.74, 6) is -1.24. The molecule has 6 nitrogen and oxygen atoms in total. The molecule has 0 bridgehead atoms. The van der Waals surface area contributed by atoms with Gasteiger partial charge in [-0.1, -0.05) is 0 Å². The Bertz CT molecular complexity index is 661. The quantitative estimate of drug-likeness (QED) is 0.796. The molecule has 0 atom stereocenters. The average Bonchev–Trinajstić information content (AvgIpc) is 2.91. The molecule has 2 heterocycles. The van der Waals surface area contributed by atoms with Gasteiger partial charge in [-0.05, 0) is 18.2 Å². The maximum absolute atomic E-state index is 11.8. The zero-order valence-corrected chi connectivity index (χ0v) is 11.4.